The van der Waals surface area contributed by atoms with Gasteiger partial charge in [0.1, 0.15) is 0 Å². The van der Waals surface area contributed by atoms with Gasteiger partial charge in [0.05, 0.1) is 5.69 Å². The van der Waals surface area contributed by atoms with Gasteiger partial charge in [-0.1, -0.05) is 36.4 Å². The standard InChI is InChI=1S/C16H11FN2O2/c17-12-7-4-10-19-14(16(20)21)13(18-15(12)19)9-8-11-5-2-1-3-6-11/h1-10H,(H,20,21)/b9-8+. The number of hydrogen-bond acceptors (Lipinski definition) is 2. The Balaban J connectivity index is 2.14. The van der Waals surface area contributed by atoms with Crippen molar-refractivity contribution in [2.24, 2.45) is 0 Å². The minimum absolute atomic E-state index is 0.00242. The van der Waals surface area contributed by atoms with Crippen LogP contribution in [0, 0.1) is 5.82 Å². The molecule has 0 aliphatic carbocycles. The van der Waals surface area contributed by atoms with Crippen LogP contribution in [0.1, 0.15) is 21.7 Å². The maximum atomic E-state index is 13.7. The summed E-state index contributed by atoms with van der Waals surface area (Å²) in [6, 6.07) is 12.1. The summed E-state index contributed by atoms with van der Waals surface area (Å²) in [4.78, 5) is 15.5. The molecule has 0 amide bonds. The van der Waals surface area contributed by atoms with Crippen LogP contribution in [0.5, 0.6) is 0 Å². The predicted molar refractivity (Wildman–Crippen MR) is 77.5 cm³/mol. The number of halogens is 1. The molecule has 0 radical (unpaired) electrons. The third kappa shape index (κ3) is 2.41. The lowest BCUT2D eigenvalue weighted by Gasteiger charge is -1.97. The Hall–Kier alpha value is -2.95. The second kappa shape index (κ2) is 5.20. The molecule has 104 valence electrons. The van der Waals surface area contributed by atoms with Crippen LogP contribution in [0.3, 0.4) is 0 Å². The molecule has 4 nitrogen and oxygen atoms in total. The van der Waals surface area contributed by atoms with Crippen LogP contribution >= 0.6 is 0 Å². The first-order chi connectivity index (χ1) is 10.2. The number of carboxylic acids is 1. The molecule has 0 spiro atoms. The largest absolute Gasteiger partial charge is 0.476 e. The Bertz CT molecular complexity index is 838. The Morgan fingerprint density at radius 3 is 2.62 bits per heavy atom. The molecule has 0 aliphatic heterocycles. The van der Waals surface area contributed by atoms with E-state index in [1.165, 1.54) is 22.7 Å². The Morgan fingerprint density at radius 1 is 1.14 bits per heavy atom. The first-order valence-corrected chi connectivity index (χ1v) is 6.30. The van der Waals surface area contributed by atoms with Crippen LogP contribution in [-0.2, 0) is 0 Å². The SMILES string of the molecule is O=C(O)c1c(/C=C/c2ccccc2)nc2c(F)cccn12. The van der Waals surface area contributed by atoms with E-state index in [1.54, 1.807) is 12.2 Å². The number of hydrogen-bond donors (Lipinski definition) is 1. The molecule has 0 atom stereocenters. The Morgan fingerprint density at radius 2 is 1.90 bits per heavy atom. The zero-order valence-electron chi connectivity index (χ0n) is 10.9. The molecule has 0 fully saturated rings. The second-order valence-electron chi connectivity index (χ2n) is 4.44. The van der Waals surface area contributed by atoms with E-state index in [0.717, 1.165) is 5.56 Å². The molecule has 0 bridgehead atoms. The van der Waals surface area contributed by atoms with Crippen molar-refractivity contribution in [3.8, 4) is 0 Å². The Kier molecular flexibility index (Phi) is 3.23. The first kappa shape index (κ1) is 13.1. The van der Waals surface area contributed by atoms with E-state index in [4.69, 9.17) is 0 Å². The summed E-state index contributed by atoms with van der Waals surface area (Å²) in [7, 11) is 0. The van der Waals surface area contributed by atoms with Gasteiger partial charge in [-0.3, -0.25) is 4.40 Å². The second-order valence-corrected chi connectivity index (χ2v) is 4.44. The van der Waals surface area contributed by atoms with Gasteiger partial charge in [-0.05, 0) is 23.8 Å². The number of imidazole rings is 1. The van der Waals surface area contributed by atoms with Crippen molar-refractivity contribution >= 4 is 23.8 Å². The first-order valence-electron chi connectivity index (χ1n) is 6.30. The fourth-order valence-electron chi connectivity index (χ4n) is 2.12. The molecule has 1 N–H and O–H groups in total. The molecule has 3 rings (SSSR count). The summed E-state index contributed by atoms with van der Waals surface area (Å²) < 4.78 is 14.9. The predicted octanol–water partition coefficient (Wildman–Crippen LogP) is 3.34. The van der Waals surface area contributed by atoms with E-state index in [-0.39, 0.29) is 17.0 Å². The zero-order valence-corrected chi connectivity index (χ0v) is 10.9. The molecular weight excluding hydrogens is 271 g/mol. The quantitative estimate of drug-likeness (QED) is 0.801. The lowest BCUT2D eigenvalue weighted by Crippen LogP contribution is -2.03. The van der Waals surface area contributed by atoms with E-state index in [2.05, 4.69) is 4.98 Å². The van der Waals surface area contributed by atoms with Crippen LogP contribution in [-0.4, -0.2) is 20.5 Å². The lowest BCUT2D eigenvalue weighted by molar-refractivity contribution is 0.0689. The summed E-state index contributed by atoms with van der Waals surface area (Å²) in [5.74, 6) is -1.71. The Labute approximate surface area is 119 Å². The fourth-order valence-corrected chi connectivity index (χ4v) is 2.12. The molecule has 21 heavy (non-hydrogen) atoms. The maximum absolute atomic E-state index is 13.7. The average Bonchev–Trinajstić information content (AvgIpc) is 2.86. The van der Waals surface area contributed by atoms with E-state index in [1.807, 2.05) is 30.3 Å². The van der Waals surface area contributed by atoms with Crippen molar-refractivity contribution in [3.05, 3.63) is 71.4 Å². The summed E-state index contributed by atoms with van der Waals surface area (Å²) in [6.45, 7) is 0. The smallest absolute Gasteiger partial charge is 0.355 e. The third-order valence-electron chi connectivity index (χ3n) is 3.07. The van der Waals surface area contributed by atoms with Crippen LogP contribution in [0.2, 0.25) is 0 Å². The molecule has 1 aromatic carbocycles. The summed E-state index contributed by atoms with van der Waals surface area (Å²) >= 11 is 0. The number of carbonyl (C=O) groups is 1. The van der Waals surface area contributed by atoms with Crippen molar-refractivity contribution in [2.75, 3.05) is 0 Å². The van der Waals surface area contributed by atoms with Crippen LogP contribution in [0.15, 0.2) is 48.7 Å². The number of nitrogens with zero attached hydrogens (tertiary/aromatic N) is 2. The van der Waals surface area contributed by atoms with Crippen LogP contribution in [0.25, 0.3) is 17.8 Å². The van der Waals surface area contributed by atoms with Crippen molar-refractivity contribution in [2.45, 2.75) is 0 Å². The van der Waals surface area contributed by atoms with Crippen LogP contribution in [0.4, 0.5) is 4.39 Å². The third-order valence-corrected chi connectivity index (χ3v) is 3.07. The highest BCUT2D eigenvalue weighted by Gasteiger charge is 2.18. The number of carboxylic acid groups (broad SMARTS) is 1. The normalized spacial score (nSPS) is 11.3. The number of pyridine rings is 1. The van der Waals surface area contributed by atoms with Crippen molar-refractivity contribution in [1.82, 2.24) is 9.38 Å². The molecule has 0 saturated heterocycles. The van der Waals surface area contributed by atoms with Gasteiger partial charge in [0.25, 0.3) is 0 Å². The van der Waals surface area contributed by atoms with Gasteiger partial charge in [0, 0.05) is 6.20 Å². The number of aromatic carboxylic acids is 1. The van der Waals surface area contributed by atoms with E-state index >= 15 is 0 Å². The maximum Gasteiger partial charge on any atom is 0.355 e. The highest BCUT2D eigenvalue weighted by Crippen LogP contribution is 2.18. The molecular formula is C16H11FN2O2. The minimum Gasteiger partial charge on any atom is -0.476 e. The number of rotatable bonds is 3. The number of fused-ring (bicyclic) bond motifs is 1. The van der Waals surface area contributed by atoms with Gasteiger partial charge < -0.3 is 5.11 Å². The lowest BCUT2D eigenvalue weighted by atomic mass is 10.2. The minimum atomic E-state index is -1.15. The highest BCUT2D eigenvalue weighted by molar-refractivity contribution is 5.92. The van der Waals surface area contributed by atoms with Gasteiger partial charge in [-0.15, -0.1) is 0 Å². The topological polar surface area (TPSA) is 54.6 Å². The van der Waals surface area contributed by atoms with Crippen molar-refractivity contribution < 1.29 is 14.3 Å². The van der Waals surface area contributed by atoms with Gasteiger partial charge in [-0.2, -0.15) is 0 Å². The van der Waals surface area contributed by atoms with Gasteiger partial charge >= 0.3 is 5.97 Å². The van der Waals surface area contributed by atoms with E-state index in [9.17, 15) is 14.3 Å². The molecule has 0 unspecified atom stereocenters. The average molecular weight is 282 g/mol. The van der Waals surface area contributed by atoms with Gasteiger partial charge in [-0.25, -0.2) is 14.2 Å². The van der Waals surface area contributed by atoms with E-state index in [0.29, 0.717) is 0 Å². The van der Waals surface area contributed by atoms with Crippen molar-refractivity contribution in [3.63, 3.8) is 0 Å². The van der Waals surface area contributed by atoms with Gasteiger partial charge in [0.15, 0.2) is 17.2 Å². The molecule has 3 aromatic rings. The molecule has 0 aliphatic rings. The highest BCUT2D eigenvalue weighted by atomic mass is 19.1. The number of benzene rings is 1. The van der Waals surface area contributed by atoms with Crippen LogP contribution < -0.4 is 0 Å². The zero-order chi connectivity index (χ0) is 14.8. The monoisotopic (exact) mass is 282 g/mol. The number of aromatic nitrogens is 2. The molecule has 2 heterocycles. The molecule has 2 aromatic heterocycles. The summed E-state index contributed by atoms with van der Waals surface area (Å²) in [5, 5.41) is 9.32. The van der Waals surface area contributed by atoms with Crippen molar-refractivity contribution in [1.29, 1.82) is 0 Å². The summed E-state index contributed by atoms with van der Waals surface area (Å²) in [5.41, 5.74) is 1.07. The summed E-state index contributed by atoms with van der Waals surface area (Å²) in [6.07, 6.45) is 4.80. The fraction of sp³-hybridized carbons (Fsp3) is 0. The molecule has 0 saturated carbocycles. The molecule has 5 heteroatoms. The van der Waals surface area contributed by atoms with E-state index < -0.39 is 11.8 Å². The van der Waals surface area contributed by atoms with Gasteiger partial charge in [0.2, 0.25) is 0 Å².